The van der Waals surface area contributed by atoms with Crippen LogP contribution in [0.1, 0.15) is 27.9 Å². The minimum atomic E-state index is -6.71. The van der Waals surface area contributed by atoms with Gasteiger partial charge in [-0.3, -0.25) is 0 Å². The fraction of sp³-hybridized carbons (Fsp3) is 0.438. The first kappa shape index (κ1) is 22.8. The predicted octanol–water partition coefficient (Wildman–Crippen LogP) is 4.49. The first-order valence-electron chi connectivity index (χ1n) is 7.38. The molecule has 0 bridgehead atoms. The number of hydrogen-bond acceptors (Lipinski definition) is 2. The van der Waals surface area contributed by atoms with Gasteiger partial charge in [-0.2, -0.15) is 35.1 Å². The molecule has 0 spiro atoms. The van der Waals surface area contributed by atoms with E-state index in [0.717, 1.165) is 22.6 Å². The van der Waals surface area contributed by atoms with E-state index in [1.807, 2.05) is 0 Å². The van der Waals surface area contributed by atoms with E-state index in [1.54, 1.807) is 0 Å². The number of carboxylic acid groups (broad SMARTS) is 1. The van der Waals surface area contributed by atoms with Crippen LogP contribution in [0.25, 0.3) is 0 Å². The molecule has 0 saturated heterocycles. The summed E-state index contributed by atoms with van der Waals surface area (Å²) in [6.45, 7) is 3.30. The molecule has 1 aliphatic rings. The van der Waals surface area contributed by atoms with Crippen molar-refractivity contribution >= 4 is 28.6 Å². The highest BCUT2D eigenvalue weighted by molar-refractivity contribution is 14.1. The Hall–Kier alpha value is -1.47. The molecule has 0 radical (unpaired) electrons. The van der Waals surface area contributed by atoms with Gasteiger partial charge in [-0.05, 0) is 41.0 Å². The van der Waals surface area contributed by atoms with Crippen molar-refractivity contribution < 1.29 is 49.4 Å². The van der Waals surface area contributed by atoms with Gasteiger partial charge in [0, 0.05) is 14.7 Å². The van der Waals surface area contributed by atoms with Crippen molar-refractivity contribution in [3.63, 3.8) is 0 Å². The number of aromatic carboxylic acids is 1. The first-order valence-corrected chi connectivity index (χ1v) is 8.46. The van der Waals surface area contributed by atoms with Gasteiger partial charge in [0.25, 0.3) is 5.67 Å². The number of rotatable bonds is 5. The van der Waals surface area contributed by atoms with Gasteiger partial charge in [-0.15, -0.1) is 6.58 Å². The van der Waals surface area contributed by atoms with Gasteiger partial charge in [0.2, 0.25) is 0 Å². The van der Waals surface area contributed by atoms with Gasteiger partial charge in [0.05, 0.1) is 5.97 Å². The Kier molecular flexibility index (Phi) is 5.31. The molecule has 28 heavy (non-hydrogen) atoms. The summed E-state index contributed by atoms with van der Waals surface area (Å²) >= 11 is 0.974. The quantitative estimate of drug-likeness (QED) is 0.320. The molecular weight excluding hydrogens is 522 g/mol. The van der Waals surface area contributed by atoms with Crippen LogP contribution in [0.4, 0.5) is 39.5 Å². The van der Waals surface area contributed by atoms with Gasteiger partial charge >= 0.3 is 23.7 Å². The van der Waals surface area contributed by atoms with Gasteiger partial charge in [0.15, 0.2) is 0 Å². The second kappa shape index (κ2) is 6.52. The maximum Gasteiger partial charge on any atom is 0.382 e. The maximum atomic E-state index is 15.0. The van der Waals surface area contributed by atoms with E-state index in [9.17, 15) is 45.0 Å². The predicted molar refractivity (Wildman–Crippen MR) is 84.6 cm³/mol. The molecule has 1 aromatic carbocycles. The number of benzene rings is 1. The zero-order valence-electron chi connectivity index (χ0n) is 13.4. The Bertz CT molecular complexity index is 810. The molecule has 0 atom stereocenters. The zero-order valence-corrected chi connectivity index (χ0v) is 15.6. The summed E-state index contributed by atoms with van der Waals surface area (Å²) in [5, 5.41) is 11.1. The molecule has 1 aliphatic carbocycles. The van der Waals surface area contributed by atoms with E-state index in [2.05, 4.69) is 6.58 Å². The summed E-state index contributed by atoms with van der Waals surface area (Å²) in [4.78, 5) is 11.1. The molecular formula is C16H9F9IO2-. The molecule has 0 aliphatic heterocycles. The lowest BCUT2D eigenvalue weighted by Crippen LogP contribution is -2.52. The van der Waals surface area contributed by atoms with E-state index in [4.69, 9.17) is 0 Å². The second-order valence-corrected chi connectivity index (χ2v) is 7.10. The largest absolute Gasteiger partial charge is 0.545 e. The number of carbonyl (C=O) groups is 1. The van der Waals surface area contributed by atoms with E-state index < -0.39 is 55.6 Å². The lowest BCUT2D eigenvalue weighted by atomic mass is 9.85. The minimum absolute atomic E-state index is 0.0435. The lowest BCUT2D eigenvalue weighted by Gasteiger charge is -2.33. The summed E-state index contributed by atoms with van der Waals surface area (Å²) in [6, 6.07) is 0.414. The minimum Gasteiger partial charge on any atom is -0.545 e. The molecule has 0 amide bonds. The van der Waals surface area contributed by atoms with Crippen molar-refractivity contribution in [1.29, 1.82) is 0 Å². The third kappa shape index (κ3) is 2.45. The molecule has 156 valence electrons. The van der Waals surface area contributed by atoms with Gasteiger partial charge < -0.3 is 9.90 Å². The second-order valence-electron chi connectivity index (χ2n) is 6.02. The van der Waals surface area contributed by atoms with Crippen LogP contribution in [-0.2, 0) is 12.1 Å². The van der Waals surface area contributed by atoms with Crippen molar-refractivity contribution in [3.05, 3.63) is 45.0 Å². The number of alkyl halides is 9. The Morgan fingerprint density at radius 3 is 1.82 bits per heavy atom. The van der Waals surface area contributed by atoms with E-state index >= 15 is 4.39 Å². The molecule has 0 N–H and O–H groups in total. The highest BCUT2D eigenvalue weighted by Crippen LogP contribution is 2.72. The monoisotopic (exact) mass is 531 g/mol. The van der Waals surface area contributed by atoms with E-state index in [1.165, 1.54) is 6.08 Å². The van der Waals surface area contributed by atoms with E-state index in [-0.39, 0.29) is 18.9 Å². The molecule has 1 saturated carbocycles. The van der Waals surface area contributed by atoms with Crippen molar-refractivity contribution in [2.75, 3.05) is 0 Å². The average molecular weight is 531 g/mol. The SMILES string of the molecule is C=CCCc1c(C(=O)[O-])ccc(C2(F)C(F)(F)C(F)(F)C(F)(F)C2(F)F)c1I. The summed E-state index contributed by atoms with van der Waals surface area (Å²) in [5.41, 5.74) is -8.91. The number of hydrogen-bond donors (Lipinski definition) is 0. The summed E-state index contributed by atoms with van der Waals surface area (Å²) in [7, 11) is 0. The van der Waals surface area contributed by atoms with Crippen LogP contribution in [0.15, 0.2) is 24.8 Å². The van der Waals surface area contributed by atoms with Crippen LogP contribution in [0, 0.1) is 3.57 Å². The van der Waals surface area contributed by atoms with Gasteiger partial charge in [-0.1, -0.05) is 18.2 Å². The van der Waals surface area contributed by atoms with Crippen molar-refractivity contribution in [3.8, 4) is 0 Å². The third-order valence-corrected chi connectivity index (χ3v) is 5.71. The smallest absolute Gasteiger partial charge is 0.382 e. The number of allylic oxidation sites excluding steroid dienone is 1. The summed E-state index contributed by atoms with van der Waals surface area (Å²) in [6.07, 6.45) is 0.811. The van der Waals surface area contributed by atoms with Crippen molar-refractivity contribution in [2.24, 2.45) is 0 Å². The average Bonchev–Trinajstić information content (AvgIpc) is 2.62. The van der Waals surface area contributed by atoms with Crippen molar-refractivity contribution in [2.45, 2.75) is 42.2 Å². The van der Waals surface area contributed by atoms with Crippen LogP contribution in [0.5, 0.6) is 0 Å². The van der Waals surface area contributed by atoms with Crippen LogP contribution in [-0.4, -0.2) is 29.7 Å². The number of carbonyl (C=O) groups excluding carboxylic acids is 1. The topological polar surface area (TPSA) is 40.1 Å². The number of halogens is 10. The molecule has 1 fully saturated rings. The zero-order chi connectivity index (χ0) is 21.9. The van der Waals surface area contributed by atoms with Gasteiger partial charge in [0.1, 0.15) is 0 Å². The Morgan fingerprint density at radius 2 is 1.43 bits per heavy atom. The number of carboxylic acids is 1. The highest BCUT2D eigenvalue weighted by atomic mass is 127. The molecule has 0 heterocycles. The lowest BCUT2D eigenvalue weighted by molar-refractivity contribution is -0.303. The first-order chi connectivity index (χ1) is 12.5. The standard InChI is InChI=1S/C16H10F9IO2/c1-2-3-4-7-8(11(27)28)5-6-9(10(7)26)12(17)13(18,19)15(22,23)16(24,25)14(12,20)21/h2,5-6H,1,3-4H2,(H,27,28)/p-1. The molecule has 12 heteroatoms. The Labute approximate surface area is 165 Å². The normalized spacial score (nSPS) is 23.4. The maximum absolute atomic E-state index is 15.0. The van der Waals surface area contributed by atoms with Gasteiger partial charge in [-0.25, -0.2) is 4.39 Å². The molecule has 1 aromatic rings. The van der Waals surface area contributed by atoms with Crippen molar-refractivity contribution in [1.82, 2.24) is 0 Å². The summed E-state index contributed by atoms with van der Waals surface area (Å²) in [5.74, 6) is -28.3. The summed E-state index contributed by atoms with van der Waals surface area (Å²) < 4.78 is 124. The Morgan fingerprint density at radius 1 is 0.964 bits per heavy atom. The van der Waals surface area contributed by atoms with Crippen LogP contribution < -0.4 is 5.11 Å². The third-order valence-electron chi connectivity index (χ3n) is 4.48. The van der Waals surface area contributed by atoms with Crippen LogP contribution >= 0.6 is 22.6 Å². The molecule has 0 aromatic heterocycles. The van der Waals surface area contributed by atoms with E-state index in [0.29, 0.717) is 6.07 Å². The van der Waals surface area contributed by atoms with Crippen LogP contribution in [0.2, 0.25) is 0 Å². The fourth-order valence-electron chi connectivity index (χ4n) is 2.93. The molecule has 2 rings (SSSR count). The highest BCUT2D eigenvalue weighted by Gasteiger charge is 3.01. The Balaban J connectivity index is 2.89. The molecule has 2 nitrogen and oxygen atoms in total. The van der Waals surface area contributed by atoms with Crippen LogP contribution in [0.3, 0.4) is 0 Å². The molecule has 0 unspecified atom stereocenters. The fourth-order valence-corrected chi connectivity index (χ4v) is 4.04.